The van der Waals surface area contributed by atoms with Crippen LogP contribution in [0.3, 0.4) is 0 Å². The third kappa shape index (κ3) is 3.84. The molecule has 1 aliphatic carbocycles. The van der Waals surface area contributed by atoms with E-state index in [4.69, 9.17) is 14.2 Å². The maximum absolute atomic E-state index is 13.8. The molecular weight excluding hydrogens is 472 g/mol. The molecule has 3 aromatic carbocycles. The van der Waals surface area contributed by atoms with Crippen molar-refractivity contribution in [1.82, 2.24) is 5.32 Å². The highest BCUT2D eigenvalue weighted by Gasteiger charge is 2.48. The van der Waals surface area contributed by atoms with Crippen molar-refractivity contribution in [3.63, 3.8) is 0 Å². The number of rotatable bonds is 5. The van der Waals surface area contributed by atoms with Gasteiger partial charge in [-0.15, -0.1) is 8.78 Å². The van der Waals surface area contributed by atoms with E-state index in [1.165, 1.54) is 18.2 Å². The third-order valence-electron chi connectivity index (χ3n) is 6.82. The van der Waals surface area contributed by atoms with Gasteiger partial charge in [-0.05, 0) is 49.2 Å². The SMILES string of the molecule is COc1cccc([C@@]2(c3ccc4c(c3)OC(F)(F)O4)C[C@@H](NC(=O)C3CC3)c3ccc(O)cc3O2)c1. The Balaban J connectivity index is 1.52. The topological polar surface area (TPSA) is 86.2 Å². The fourth-order valence-corrected chi connectivity index (χ4v) is 4.88. The predicted molar refractivity (Wildman–Crippen MR) is 123 cm³/mol. The minimum Gasteiger partial charge on any atom is -0.508 e. The molecule has 1 saturated carbocycles. The zero-order valence-electron chi connectivity index (χ0n) is 19.3. The van der Waals surface area contributed by atoms with Gasteiger partial charge < -0.3 is 29.4 Å². The Morgan fingerprint density at radius 3 is 2.53 bits per heavy atom. The van der Waals surface area contributed by atoms with Crippen molar-refractivity contribution in [3.8, 4) is 28.7 Å². The Labute approximate surface area is 205 Å². The number of carbonyl (C=O) groups excluding carboxylic acids is 1. The van der Waals surface area contributed by atoms with Gasteiger partial charge in [0.1, 0.15) is 17.2 Å². The van der Waals surface area contributed by atoms with Gasteiger partial charge in [0.25, 0.3) is 0 Å². The molecule has 3 aliphatic rings. The van der Waals surface area contributed by atoms with Crippen LogP contribution in [0.5, 0.6) is 28.7 Å². The molecular formula is C27H23F2NO6. The first kappa shape index (κ1) is 22.5. The minimum absolute atomic E-state index is 0.00668. The first-order valence-corrected chi connectivity index (χ1v) is 11.6. The molecule has 2 aliphatic heterocycles. The lowest BCUT2D eigenvalue weighted by molar-refractivity contribution is -0.286. The van der Waals surface area contributed by atoms with Crippen LogP contribution < -0.4 is 24.3 Å². The standard InChI is InChI=1S/C27H23F2NO6/c1-33-19-4-2-3-16(11-19)26(17-7-10-22-24(12-17)36-27(28,29)35-22)14-21(30-25(32)15-5-6-15)20-9-8-18(31)13-23(20)34-26/h2-4,7-13,15,21,31H,5-6,14H2,1H3,(H,30,32)/t21-,26-/m1/s1. The Kier molecular flexibility index (Phi) is 5.00. The number of phenols is 1. The van der Waals surface area contributed by atoms with E-state index < -0.39 is 17.9 Å². The van der Waals surface area contributed by atoms with E-state index in [0.29, 0.717) is 28.2 Å². The lowest BCUT2D eigenvalue weighted by Crippen LogP contribution is -2.44. The van der Waals surface area contributed by atoms with Crippen LogP contribution >= 0.6 is 0 Å². The summed E-state index contributed by atoms with van der Waals surface area (Å²) in [6.07, 6.45) is -1.83. The highest BCUT2D eigenvalue weighted by Crippen LogP contribution is 2.52. The first-order chi connectivity index (χ1) is 17.3. The van der Waals surface area contributed by atoms with Gasteiger partial charge in [0, 0.05) is 35.1 Å². The van der Waals surface area contributed by atoms with E-state index in [1.807, 2.05) is 6.07 Å². The smallest absolute Gasteiger partial charge is 0.508 e. The summed E-state index contributed by atoms with van der Waals surface area (Å²) < 4.78 is 48.9. The molecule has 1 fully saturated rings. The number of fused-ring (bicyclic) bond motifs is 2. The third-order valence-corrected chi connectivity index (χ3v) is 6.82. The molecule has 1 amide bonds. The van der Waals surface area contributed by atoms with Crippen LogP contribution in [0.1, 0.15) is 42.0 Å². The van der Waals surface area contributed by atoms with Crippen molar-refractivity contribution >= 4 is 5.91 Å². The number of hydrogen-bond donors (Lipinski definition) is 2. The Hall–Kier alpha value is -4.01. The number of benzene rings is 3. The van der Waals surface area contributed by atoms with Gasteiger partial charge >= 0.3 is 6.29 Å². The summed E-state index contributed by atoms with van der Waals surface area (Å²) in [5.74, 6) is 0.655. The van der Waals surface area contributed by atoms with Crippen molar-refractivity contribution in [3.05, 3.63) is 77.4 Å². The summed E-state index contributed by atoms with van der Waals surface area (Å²) in [5, 5.41) is 13.4. The Bertz CT molecular complexity index is 1360. The van der Waals surface area contributed by atoms with Gasteiger partial charge in [-0.3, -0.25) is 4.79 Å². The van der Waals surface area contributed by atoms with Crippen molar-refractivity contribution in [2.24, 2.45) is 5.92 Å². The Morgan fingerprint density at radius 2 is 1.75 bits per heavy atom. The molecule has 2 heterocycles. The molecule has 0 unspecified atom stereocenters. The van der Waals surface area contributed by atoms with Gasteiger partial charge in [0.15, 0.2) is 17.1 Å². The fraction of sp³-hybridized carbons (Fsp3) is 0.296. The zero-order valence-corrected chi connectivity index (χ0v) is 19.3. The van der Waals surface area contributed by atoms with E-state index in [0.717, 1.165) is 12.8 Å². The first-order valence-electron chi connectivity index (χ1n) is 11.6. The van der Waals surface area contributed by atoms with Crippen molar-refractivity contribution in [2.75, 3.05) is 7.11 Å². The molecule has 6 rings (SSSR count). The summed E-state index contributed by atoms with van der Waals surface area (Å²) in [7, 11) is 1.54. The van der Waals surface area contributed by atoms with Gasteiger partial charge in [-0.2, -0.15) is 0 Å². The van der Waals surface area contributed by atoms with Gasteiger partial charge in [0.2, 0.25) is 5.91 Å². The summed E-state index contributed by atoms with van der Waals surface area (Å²) in [4.78, 5) is 12.8. The second-order valence-electron chi connectivity index (χ2n) is 9.25. The van der Waals surface area contributed by atoms with Crippen LogP contribution in [0, 0.1) is 5.92 Å². The molecule has 0 radical (unpaired) electrons. The minimum atomic E-state index is -3.77. The number of methoxy groups -OCH3 is 1. The molecule has 186 valence electrons. The number of hydrogen-bond acceptors (Lipinski definition) is 6. The molecule has 0 saturated heterocycles. The molecule has 0 aromatic heterocycles. The summed E-state index contributed by atoms with van der Waals surface area (Å²) in [6.45, 7) is 0. The monoisotopic (exact) mass is 495 g/mol. The van der Waals surface area contributed by atoms with Crippen LogP contribution in [0.4, 0.5) is 8.78 Å². The van der Waals surface area contributed by atoms with Crippen molar-refractivity contribution in [2.45, 2.75) is 37.2 Å². The van der Waals surface area contributed by atoms with Gasteiger partial charge in [-0.25, -0.2) is 0 Å². The van der Waals surface area contributed by atoms with Crippen molar-refractivity contribution in [1.29, 1.82) is 0 Å². The molecule has 36 heavy (non-hydrogen) atoms. The van der Waals surface area contributed by atoms with E-state index in [-0.39, 0.29) is 35.5 Å². The number of alkyl halides is 2. The van der Waals surface area contributed by atoms with Gasteiger partial charge in [-0.1, -0.05) is 18.2 Å². The molecule has 2 N–H and O–H groups in total. The maximum atomic E-state index is 13.8. The number of carbonyl (C=O) groups is 1. The highest BCUT2D eigenvalue weighted by molar-refractivity contribution is 5.81. The maximum Gasteiger partial charge on any atom is 0.586 e. The fourth-order valence-electron chi connectivity index (χ4n) is 4.88. The average Bonchev–Trinajstić information content (AvgIpc) is 3.65. The lowest BCUT2D eigenvalue weighted by Gasteiger charge is -2.43. The second-order valence-corrected chi connectivity index (χ2v) is 9.25. The van der Waals surface area contributed by atoms with Crippen molar-refractivity contribution < 1.29 is 37.6 Å². The Morgan fingerprint density at radius 1 is 0.972 bits per heavy atom. The molecule has 2 atom stereocenters. The lowest BCUT2D eigenvalue weighted by atomic mass is 9.77. The van der Waals surface area contributed by atoms with Crippen LogP contribution in [0.2, 0.25) is 0 Å². The van der Waals surface area contributed by atoms with E-state index in [2.05, 4.69) is 10.1 Å². The number of aromatic hydroxyl groups is 1. The number of nitrogens with one attached hydrogen (secondary N) is 1. The largest absolute Gasteiger partial charge is 0.586 e. The van der Waals surface area contributed by atoms with Crippen LogP contribution in [0.15, 0.2) is 60.7 Å². The van der Waals surface area contributed by atoms with Crippen LogP contribution in [-0.4, -0.2) is 24.4 Å². The number of halogens is 2. The van der Waals surface area contributed by atoms with Crippen LogP contribution in [0.25, 0.3) is 0 Å². The van der Waals surface area contributed by atoms with Crippen LogP contribution in [-0.2, 0) is 10.4 Å². The van der Waals surface area contributed by atoms with Gasteiger partial charge in [0.05, 0.1) is 13.2 Å². The number of phenolic OH excluding ortho intramolecular Hbond substituents is 1. The second kappa shape index (κ2) is 8.01. The molecule has 0 spiro atoms. The summed E-state index contributed by atoms with van der Waals surface area (Å²) in [5.41, 5.74) is 0.655. The molecule has 3 aromatic rings. The zero-order chi connectivity index (χ0) is 25.1. The van der Waals surface area contributed by atoms with E-state index in [9.17, 15) is 18.7 Å². The van der Waals surface area contributed by atoms with E-state index >= 15 is 0 Å². The molecule has 7 nitrogen and oxygen atoms in total. The molecule has 0 bridgehead atoms. The molecule has 9 heteroatoms. The number of amides is 1. The number of ether oxygens (including phenoxy) is 4. The normalized spacial score (nSPS) is 23.4. The summed E-state index contributed by atoms with van der Waals surface area (Å²) in [6, 6.07) is 16.0. The average molecular weight is 495 g/mol. The quantitative estimate of drug-likeness (QED) is 0.517. The van der Waals surface area contributed by atoms with E-state index in [1.54, 1.807) is 43.5 Å². The highest BCUT2D eigenvalue weighted by atomic mass is 19.3. The summed E-state index contributed by atoms with van der Waals surface area (Å²) >= 11 is 0. The predicted octanol–water partition coefficient (Wildman–Crippen LogP) is 5.02.